The van der Waals surface area contributed by atoms with E-state index in [4.69, 9.17) is 4.74 Å². The number of aryl methyl sites for hydroxylation is 2. The highest BCUT2D eigenvalue weighted by molar-refractivity contribution is 5.86. The van der Waals surface area contributed by atoms with Crippen LogP contribution in [-0.2, 0) is 19.4 Å². The third-order valence-corrected chi connectivity index (χ3v) is 5.06. The lowest BCUT2D eigenvalue weighted by Crippen LogP contribution is -2.17. The Kier molecular flexibility index (Phi) is 13.2. The summed E-state index contributed by atoms with van der Waals surface area (Å²) in [5, 5.41) is 4.43. The Morgan fingerprint density at radius 1 is 0.912 bits per heavy atom. The molecule has 0 radical (unpaired) electrons. The zero-order valence-corrected chi connectivity index (χ0v) is 21.1. The summed E-state index contributed by atoms with van der Waals surface area (Å²) in [5.41, 5.74) is 4.29. The summed E-state index contributed by atoms with van der Waals surface area (Å²) >= 11 is 0. The van der Waals surface area contributed by atoms with Crippen LogP contribution in [0.1, 0.15) is 23.2 Å². The van der Waals surface area contributed by atoms with Crippen molar-refractivity contribution in [2.24, 2.45) is 0 Å². The van der Waals surface area contributed by atoms with Gasteiger partial charge in [0.1, 0.15) is 5.75 Å². The number of nitrogens with one attached hydrogen (secondary N) is 2. The number of aromatic nitrogens is 3. The molecule has 9 heteroatoms. The smallest absolute Gasteiger partial charge is 0.248 e. The van der Waals surface area contributed by atoms with Gasteiger partial charge in [0, 0.05) is 47.8 Å². The van der Waals surface area contributed by atoms with Crippen LogP contribution in [-0.4, -0.2) is 28.1 Å². The zero-order chi connectivity index (χ0) is 21.3. The monoisotopic (exact) mass is 522 g/mol. The van der Waals surface area contributed by atoms with Gasteiger partial charge in [0.2, 0.25) is 5.56 Å². The molecule has 0 aliphatic heterocycles. The Morgan fingerprint density at radius 3 is 2.62 bits per heavy atom. The molecule has 0 aliphatic carbocycles. The Morgan fingerprint density at radius 2 is 1.79 bits per heavy atom. The molecular weight excluding hydrogens is 495 g/mol. The summed E-state index contributed by atoms with van der Waals surface area (Å²) < 4.78 is 5.84. The van der Waals surface area contributed by atoms with E-state index in [1.54, 1.807) is 6.20 Å². The lowest BCUT2D eigenvalue weighted by atomic mass is 10.1. The lowest BCUT2D eigenvalue weighted by molar-refractivity contribution is 0.308. The van der Waals surface area contributed by atoms with E-state index in [1.165, 1.54) is 17.2 Å². The maximum absolute atomic E-state index is 11.4. The van der Waals surface area contributed by atoms with Gasteiger partial charge in [0.15, 0.2) is 0 Å². The van der Waals surface area contributed by atoms with Crippen LogP contribution in [0.3, 0.4) is 0 Å². The molecule has 0 fully saturated rings. The van der Waals surface area contributed by atoms with Crippen LogP contribution in [0.2, 0.25) is 0 Å². The van der Waals surface area contributed by atoms with Crippen molar-refractivity contribution in [2.45, 2.75) is 25.8 Å². The van der Waals surface area contributed by atoms with Crippen molar-refractivity contribution in [3.8, 4) is 5.75 Å². The topological polar surface area (TPSA) is 79.9 Å². The Labute approximate surface area is 217 Å². The number of pyridine rings is 3. The van der Waals surface area contributed by atoms with Gasteiger partial charge in [0.25, 0.3) is 0 Å². The fourth-order valence-corrected chi connectivity index (χ4v) is 3.44. The minimum atomic E-state index is -0.0953. The Hall–Kier alpha value is -2.64. The number of hydrogen-bond acceptors (Lipinski definition) is 5. The van der Waals surface area contributed by atoms with Crippen LogP contribution < -0.4 is 15.6 Å². The minimum Gasteiger partial charge on any atom is -0.494 e. The molecule has 3 aromatic heterocycles. The van der Waals surface area contributed by atoms with Gasteiger partial charge in [-0.2, -0.15) is 0 Å². The molecule has 0 spiro atoms. The van der Waals surface area contributed by atoms with E-state index in [0.29, 0.717) is 6.61 Å². The molecule has 4 rings (SSSR count). The van der Waals surface area contributed by atoms with Gasteiger partial charge in [-0.25, -0.2) is 0 Å². The number of ether oxygens (including phenoxy) is 1. The predicted molar refractivity (Wildman–Crippen MR) is 144 cm³/mol. The number of hydrogen-bond donors (Lipinski definition) is 2. The first-order valence-corrected chi connectivity index (χ1v) is 10.6. The van der Waals surface area contributed by atoms with Crippen LogP contribution in [0.15, 0.2) is 78.0 Å². The number of rotatable bonds is 10. The van der Waals surface area contributed by atoms with Gasteiger partial charge < -0.3 is 15.0 Å². The second-order valence-electron chi connectivity index (χ2n) is 7.47. The maximum Gasteiger partial charge on any atom is 0.248 e. The molecule has 0 saturated heterocycles. The van der Waals surface area contributed by atoms with Crippen LogP contribution in [0.4, 0.5) is 0 Å². The van der Waals surface area contributed by atoms with Gasteiger partial charge in [-0.1, -0.05) is 6.07 Å². The van der Waals surface area contributed by atoms with Crippen LogP contribution >= 0.6 is 37.2 Å². The summed E-state index contributed by atoms with van der Waals surface area (Å²) in [6, 6.07) is 17.3. The van der Waals surface area contributed by atoms with E-state index in [1.807, 2.05) is 42.7 Å². The van der Waals surface area contributed by atoms with Crippen LogP contribution in [0.25, 0.3) is 10.9 Å². The second-order valence-corrected chi connectivity index (χ2v) is 7.47. The SMILES string of the molecule is Cl.Cl.Cl.O=c1ccc2cc(OCCCNCc3ccnc(CCc4cccnc4)c3)ccc2[nH]1. The molecule has 0 unspecified atom stereocenters. The molecule has 0 amide bonds. The molecule has 1 aromatic carbocycles. The van der Waals surface area contributed by atoms with Crippen molar-refractivity contribution in [2.75, 3.05) is 13.2 Å². The summed E-state index contributed by atoms with van der Waals surface area (Å²) in [4.78, 5) is 22.8. The molecule has 34 heavy (non-hydrogen) atoms. The van der Waals surface area contributed by atoms with Crippen molar-refractivity contribution in [1.29, 1.82) is 0 Å². The normalized spacial score (nSPS) is 10.0. The quantitative estimate of drug-likeness (QED) is 0.288. The molecule has 0 atom stereocenters. The van der Waals surface area contributed by atoms with Crippen molar-refractivity contribution in [3.05, 3.63) is 100 Å². The average molecular weight is 524 g/mol. The van der Waals surface area contributed by atoms with Gasteiger partial charge in [-0.15, -0.1) is 37.2 Å². The zero-order valence-electron chi connectivity index (χ0n) is 18.6. The minimum absolute atomic E-state index is 0. The van der Waals surface area contributed by atoms with E-state index in [2.05, 4.69) is 38.5 Å². The fraction of sp³-hybridized carbons (Fsp3) is 0.240. The predicted octanol–water partition coefficient (Wildman–Crippen LogP) is 4.93. The lowest BCUT2D eigenvalue weighted by Gasteiger charge is -2.09. The second kappa shape index (κ2) is 15.3. The van der Waals surface area contributed by atoms with Gasteiger partial charge in [0.05, 0.1) is 6.61 Å². The Balaban J connectivity index is 0.00000193. The van der Waals surface area contributed by atoms with Gasteiger partial charge >= 0.3 is 0 Å². The van der Waals surface area contributed by atoms with Crippen LogP contribution in [0, 0.1) is 0 Å². The molecule has 3 heterocycles. The first-order valence-electron chi connectivity index (χ1n) is 10.6. The van der Waals surface area contributed by atoms with E-state index in [-0.39, 0.29) is 42.8 Å². The molecule has 0 aliphatic rings. The molecule has 182 valence electrons. The van der Waals surface area contributed by atoms with E-state index >= 15 is 0 Å². The first kappa shape index (κ1) is 29.4. The van der Waals surface area contributed by atoms with Crippen molar-refractivity contribution in [3.63, 3.8) is 0 Å². The largest absolute Gasteiger partial charge is 0.494 e. The Bertz CT molecular complexity index is 1190. The standard InChI is InChI=1S/C25H26N4O2.3ClH/c30-25-9-5-21-16-23(7-8-24(21)29-25)31-14-2-12-27-18-20-10-13-28-22(15-20)6-4-19-3-1-11-26-17-19;;;/h1,3,5,7-11,13,15-17,27H,2,4,6,12,14,18H2,(H,29,30);3*1H. The number of H-pyrrole nitrogens is 1. The average Bonchev–Trinajstić information content (AvgIpc) is 2.81. The number of halogens is 3. The number of nitrogens with zero attached hydrogens (tertiary/aromatic N) is 2. The number of aromatic amines is 1. The van der Waals surface area contributed by atoms with Gasteiger partial charge in [-0.3, -0.25) is 14.8 Å². The van der Waals surface area contributed by atoms with Crippen molar-refractivity contribution < 1.29 is 4.74 Å². The summed E-state index contributed by atoms with van der Waals surface area (Å²) in [6.45, 7) is 2.31. The maximum atomic E-state index is 11.4. The highest BCUT2D eigenvalue weighted by Crippen LogP contribution is 2.18. The number of fused-ring (bicyclic) bond motifs is 1. The molecule has 2 N–H and O–H groups in total. The molecule has 6 nitrogen and oxygen atoms in total. The van der Waals surface area contributed by atoms with Crippen molar-refractivity contribution in [1.82, 2.24) is 20.3 Å². The molecular formula is C25H29Cl3N4O2. The first-order chi connectivity index (χ1) is 15.3. The molecule has 0 bridgehead atoms. The summed E-state index contributed by atoms with van der Waals surface area (Å²) in [7, 11) is 0. The number of benzene rings is 1. The van der Waals surface area contributed by atoms with E-state index in [9.17, 15) is 4.79 Å². The highest BCUT2D eigenvalue weighted by atomic mass is 35.5. The highest BCUT2D eigenvalue weighted by Gasteiger charge is 2.01. The van der Waals surface area contributed by atoms with Crippen LogP contribution in [0.5, 0.6) is 5.75 Å². The fourth-order valence-electron chi connectivity index (χ4n) is 3.44. The van der Waals surface area contributed by atoms with E-state index < -0.39 is 0 Å². The summed E-state index contributed by atoms with van der Waals surface area (Å²) in [5.74, 6) is 0.812. The molecule has 4 aromatic rings. The van der Waals surface area contributed by atoms with Crippen molar-refractivity contribution >= 4 is 48.1 Å². The third kappa shape index (κ3) is 8.95. The molecule has 0 saturated carbocycles. The third-order valence-electron chi connectivity index (χ3n) is 5.06. The van der Waals surface area contributed by atoms with Gasteiger partial charge in [-0.05, 0) is 79.4 Å². The van der Waals surface area contributed by atoms with E-state index in [0.717, 1.165) is 54.7 Å². The summed E-state index contributed by atoms with van der Waals surface area (Å²) in [6.07, 6.45) is 8.34.